The zero-order chi connectivity index (χ0) is 19.0. The summed E-state index contributed by atoms with van der Waals surface area (Å²) in [7, 11) is -3.49. The standard InChI is InChI=1S/C19H32NO4P/c1-14(2)12-19(25(22,23-15(3)4)24-16(5)6)20-18(21)13-17-10-8-7-9-11-17/h7-11,14-16,19H,12-13H2,1-6H3,(H,20,21). The fourth-order valence-corrected chi connectivity index (χ4v) is 4.99. The van der Waals surface area contributed by atoms with Crippen LogP contribution in [0.5, 0.6) is 0 Å². The van der Waals surface area contributed by atoms with E-state index >= 15 is 0 Å². The van der Waals surface area contributed by atoms with E-state index in [1.54, 1.807) is 0 Å². The average Bonchev–Trinajstić information content (AvgIpc) is 2.45. The van der Waals surface area contributed by atoms with Crippen molar-refractivity contribution in [3.63, 3.8) is 0 Å². The summed E-state index contributed by atoms with van der Waals surface area (Å²) in [5.74, 6) is -0.604. The molecule has 1 rings (SSSR count). The van der Waals surface area contributed by atoms with Crippen LogP contribution in [0.3, 0.4) is 0 Å². The maximum atomic E-state index is 13.4. The molecule has 1 aromatic carbocycles. The van der Waals surface area contributed by atoms with Gasteiger partial charge in [0.1, 0.15) is 5.78 Å². The van der Waals surface area contributed by atoms with Crippen LogP contribution in [0.1, 0.15) is 53.5 Å². The lowest BCUT2D eigenvalue weighted by molar-refractivity contribution is -0.120. The molecule has 1 N–H and O–H groups in total. The van der Waals surface area contributed by atoms with Gasteiger partial charge in [-0.2, -0.15) is 0 Å². The van der Waals surface area contributed by atoms with Gasteiger partial charge in [0, 0.05) is 0 Å². The minimum Gasteiger partial charge on any atom is -0.342 e. The third-order valence-corrected chi connectivity index (χ3v) is 5.86. The number of carbonyl (C=O) groups excluding carboxylic acids is 1. The Morgan fingerprint density at radius 1 is 1.00 bits per heavy atom. The van der Waals surface area contributed by atoms with Crippen LogP contribution < -0.4 is 5.32 Å². The van der Waals surface area contributed by atoms with Gasteiger partial charge in [-0.1, -0.05) is 44.2 Å². The summed E-state index contributed by atoms with van der Waals surface area (Å²) < 4.78 is 24.8. The third-order valence-electron chi connectivity index (χ3n) is 3.33. The molecule has 0 aliphatic heterocycles. The van der Waals surface area contributed by atoms with Gasteiger partial charge >= 0.3 is 7.60 Å². The van der Waals surface area contributed by atoms with Crippen LogP contribution in [0.15, 0.2) is 30.3 Å². The van der Waals surface area contributed by atoms with Gasteiger partial charge in [0.15, 0.2) is 0 Å². The van der Waals surface area contributed by atoms with Crippen LogP contribution in [-0.4, -0.2) is 23.9 Å². The number of amides is 1. The van der Waals surface area contributed by atoms with Crippen molar-refractivity contribution >= 4 is 13.5 Å². The Labute approximate surface area is 152 Å². The summed E-state index contributed by atoms with van der Waals surface area (Å²) in [5.41, 5.74) is 0.910. The predicted octanol–water partition coefficient (Wildman–Crippen LogP) is 4.76. The maximum Gasteiger partial charge on any atom is 0.353 e. The Bertz CT molecular complexity index is 558. The lowest BCUT2D eigenvalue weighted by Crippen LogP contribution is -2.38. The fourth-order valence-electron chi connectivity index (χ4n) is 2.49. The first-order chi connectivity index (χ1) is 11.6. The summed E-state index contributed by atoms with van der Waals surface area (Å²) in [6.07, 6.45) is 0.242. The molecule has 142 valence electrons. The van der Waals surface area contributed by atoms with Crippen molar-refractivity contribution in [1.29, 1.82) is 0 Å². The zero-order valence-corrected chi connectivity index (χ0v) is 17.1. The van der Waals surface area contributed by atoms with Crippen molar-refractivity contribution in [3.05, 3.63) is 35.9 Å². The van der Waals surface area contributed by atoms with Crippen molar-refractivity contribution in [2.75, 3.05) is 0 Å². The molecule has 0 saturated carbocycles. The van der Waals surface area contributed by atoms with Gasteiger partial charge in [0.25, 0.3) is 0 Å². The van der Waals surface area contributed by atoms with E-state index in [1.165, 1.54) is 0 Å². The first kappa shape index (κ1) is 21.9. The van der Waals surface area contributed by atoms with E-state index in [0.29, 0.717) is 6.42 Å². The van der Waals surface area contributed by atoms with Crippen LogP contribution in [0, 0.1) is 5.92 Å². The van der Waals surface area contributed by atoms with Crippen molar-refractivity contribution in [2.45, 2.75) is 72.4 Å². The molecule has 1 amide bonds. The third kappa shape index (κ3) is 8.17. The number of benzene rings is 1. The van der Waals surface area contributed by atoms with Crippen LogP contribution in [-0.2, 0) is 24.8 Å². The minimum absolute atomic E-state index is 0.184. The second kappa shape index (κ2) is 10.1. The Balaban J connectivity index is 2.95. The van der Waals surface area contributed by atoms with Crippen LogP contribution in [0.25, 0.3) is 0 Å². The molecule has 0 aliphatic carbocycles. The van der Waals surface area contributed by atoms with E-state index in [9.17, 15) is 9.36 Å². The molecule has 1 aromatic rings. The van der Waals surface area contributed by atoms with Crippen LogP contribution in [0.2, 0.25) is 0 Å². The normalized spacial score (nSPS) is 13.5. The fraction of sp³-hybridized carbons (Fsp3) is 0.632. The van der Waals surface area contributed by atoms with Crippen molar-refractivity contribution in [2.24, 2.45) is 5.92 Å². The van der Waals surface area contributed by atoms with E-state index in [0.717, 1.165) is 5.56 Å². The van der Waals surface area contributed by atoms with Crippen LogP contribution >= 0.6 is 7.60 Å². The molecule has 6 heteroatoms. The molecule has 0 saturated heterocycles. The van der Waals surface area contributed by atoms with Gasteiger partial charge in [0.2, 0.25) is 5.91 Å². The summed E-state index contributed by atoms with van der Waals surface area (Å²) in [4.78, 5) is 12.5. The monoisotopic (exact) mass is 369 g/mol. The lowest BCUT2D eigenvalue weighted by Gasteiger charge is -2.31. The molecular weight excluding hydrogens is 337 g/mol. The topological polar surface area (TPSA) is 64.6 Å². The zero-order valence-electron chi connectivity index (χ0n) is 16.2. The van der Waals surface area contributed by atoms with E-state index in [1.807, 2.05) is 71.9 Å². The largest absolute Gasteiger partial charge is 0.353 e. The van der Waals surface area contributed by atoms with Crippen molar-refractivity contribution in [1.82, 2.24) is 5.32 Å². The summed E-state index contributed by atoms with van der Waals surface area (Å²) in [6.45, 7) is 11.3. The van der Waals surface area contributed by atoms with Gasteiger partial charge in [-0.15, -0.1) is 0 Å². The molecule has 5 nitrogen and oxygen atoms in total. The van der Waals surface area contributed by atoms with Gasteiger partial charge in [-0.05, 0) is 45.6 Å². The van der Waals surface area contributed by atoms with E-state index in [-0.39, 0.29) is 30.5 Å². The highest BCUT2D eigenvalue weighted by Gasteiger charge is 2.39. The van der Waals surface area contributed by atoms with E-state index in [4.69, 9.17) is 9.05 Å². The molecule has 1 unspecified atom stereocenters. The molecule has 0 spiro atoms. The molecule has 0 aliphatic rings. The van der Waals surface area contributed by atoms with Gasteiger partial charge in [-0.3, -0.25) is 9.36 Å². The molecule has 0 bridgehead atoms. The van der Waals surface area contributed by atoms with Crippen molar-refractivity contribution < 1.29 is 18.4 Å². The van der Waals surface area contributed by atoms with Gasteiger partial charge in [-0.25, -0.2) is 0 Å². The van der Waals surface area contributed by atoms with E-state index in [2.05, 4.69) is 5.32 Å². The Hall–Kier alpha value is -1.16. The molecular formula is C19H32NO4P. The summed E-state index contributed by atoms with van der Waals surface area (Å²) in [5, 5.41) is 2.90. The first-order valence-electron chi connectivity index (χ1n) is 8.92. The van der Waals surface area contributed by atoms with Gasteiger partial charge < -0.3 is 14.4 Å². The smallest absolute Gasteiger partial charge is 0.342 e. The summed E-state index contributed by atoms with van der Waals surface area (Å²) >= 11 is 0. The lowest BCUT2D eigenvalue weighted by atomic mass is 10.1. The molecule has 0 heterocycles. The second-order valence-corrected chi connectivity index (χ2v) is 9.35. The first-order valence-corrected chi connectivity index (χ1v) is 10.5. The quantitative estimate of drug-likeness (QED) is 0.604. The van der Waals surface area contributed by atoms with Crippen LogP contribution in [0.4, 0.5) is 0 Å². The predicted molar refractivity (Wildman–Crippen MR) is 102 cm³/mol. The highest BCUT2D eigenvalue weighted by atomic mass is 31.2. The van der Waals surface area contributed by atoms with E-state index < -0.39 is 13.4 Å². The SMILES string of the molecule is CC(C)CC(NC(=O)Cc1ccccc1)P(=O)(OC(C)C)OC(C)C. The molecule has 0 fully saturated rings. The highest BCUT2D eigenvalue weighted by Crippen LogP contribution is 2.55. The molecule has 25 heavy (non-hydrogen) atoms. The molecule has 0 radical (unpaired) electrons. The maximum absolute atomic E-state index is 13.4. The number of carbonyl (C=O) groups is 1. The summed E-state index contributed by atoms with van der Waals surface area (Å²) in [6, 6.07) is 9.48. The Kier molecular flexibility index (Phi) is 8.84. The molecule has 1 atom stereocenters. The minimum atomic E-state index is -3.49. The molecule has 0 aromatic heterocycles. The number of hydrogen-bond donors (Lipinski definition) is 1. The number of rotatable bonds is 10. The average molecular weight is 369 g/mol. The second-order valence-electron chi connectivity index (χ2n) is 7.22. The Morgan fingerprint density at radius 2 is 1.52 bits per heavy atom. The number of nitrogens with one attached hydrogen (secondary N) is 1. The van der Waals surface area contributed by atoms with Crippen molar-refractivity contribution in [3.8, 4) is 0 Å². The Morgan fingerprint density at radius 3 is 1.96 bits per heavy atom. The highest BCUT2D eigenvalue weighted by molar-refractivity contribution is 7.54. The van der Waals surface area contributed by atoms with Gasteiger partial charge in [0.05, 0.1) is 18.6 Å². The number of hydrogen-bond acceptors (Lipinski definition) is 4.